The lowest BCUT2D eigenvalue weighted by Gasteiger charge is -2.39. The second-order valence-electron chi connectivity index (χ2n) is 9.25. The highest BCUT2D eigenvalue weighted by atomic mass is 19.1. The highest BCUT2D eigenvalue weighted by Crippen LogP contribution is 2.36. The lowest BCUT2D eigenvalue weighted by molar-refractivity contribution is 0.0944. The van der Waals surface area contributed by atoms with E-state index < -0.39 is 24.3 Å². The highest BCUT2D eigenvalue weighted by Gasteiger charge is 2.33. The molecule has 36 heavy (non-hydrogen) atoms. The van der Waals surface area contributed by atoms with Gasteiger partial charge in [0.1, 0.15) is 24.0 Å². The molecule has 3 heterocycles. The van der Waals surface area contributed by atoms with E-state index in [0.717, 1.165) is 32.4 Å². The molecule has 1 aromatic carbocycles. The zero-order chi connectivity index (χ0) is 25.2. The maximum Gasteiger partial charge on any atom is 0.270 e. The first-order valence-electron chi connectivity index (χ1n) is 12.1. The van der Waals surface area contributed by atoms with Crippen LogP contribution in [0.3, 0.4) is 0 Å². The Morgan fingerprint density at radius 1 is 1.08 bits per heavy atom. The number of rotatable bonds is 6. The first-order chi connectivity index (χ1) is 17.4. The number of H-pyrrole nitrogens is 1. The van der Waals surface area contributed by atoms with E-state index in [4.69, 9.17) is 0 Å². The van der Waals surface area contributed by atoms with Crippen LogP contribution in [-0.2, 0) is 0 Å². The van der Waals surface area contributed by atoms with Crippen molar-refractivity contribution in [2.24, 2.45) is 0 Å². The van der Waals surface area contributed by atoms with Gasteiger partial charge in [-0.05, 0) is 49.6 Å². The van der Waals surface area contributed by atoms with Gasteiger partial charge in [0, 0.05) is 44.7 Å². The Morgan fingerprint density at radius 2 is 1.89 bits per heavy atom. The first kappa shape index (κ1) is 24.2. The quantitative estimate of drug-likeness (QED) is 0.506. The number of benzene rings is 1. The molecule has 2 fully saturated rings. The number of amides is 1. The van der Waals surface area contributed by atoms with E-state index in [9.17, 15) is 22.8 Å². The number of alkyl halides is 1. The fourth-order valence-corrected chi connectivity index (χ4v) is 5.23. The third-order valence-electron chi connectivity index (χ3n) is 7.09. The number of nitrogens with one attached hydrogen (secondary N) is 2. The predicted octanol–water partition coefficient (Wildman–Crippen LogP) is 2.75. The average molecular weight is 501 g/mol. The van der Waals surface area contributed by atoms with Crippen molar-refractivity contribution in [2.75, 3.05) is 44.3 Å². The summed E-state index contributed by atoms with van der Waals surface area (Å²) in [4.78, 5) is 39.8. The normalized spacial score (nSPS) is 20.7. The molecule has 11 heteroatoms. The summed E-state index contributed by atoms with van der Waals surface area (Å²) in [5.41, 5.74) is 0.433. The summed E-state index contributed by atoms with van der Waals surface area (Å²) in [7, 11) is 0. The van der Waals surface area contributed by atoms with Gasteiger partial charge < -0.3 is 15.2 Å². The summed E-state index contributed by atoms with van der Waals surface area (Å²) in [6.45, 7) is 1.89. The van der Waals surface area contributed by atoms with Crippen LogP contribution in [0.5, 0.6) is 0 Å². The zero-order valence-corrected chi connectivity index (χ0v) is 19.6. The summed E-state index contributed by atoms with van der Waals surface area (Å²) in [6.07, 6.45) is 2.72. The fraction of sp³-hybridized carbons (Fsp3) is 0.440. The molecule has 8 nitrogen and oxygen atoms in total. The van der Waals surface area contributed by atoms with Crippen molar-refractivity contribution in [3.8, 4) is 0 Å². The van der Waals surface area contributed by atoms with Crippen LogP contribution in [0.4, 0.5) is 18.9 Å². The van der Waals surface area contributed by atoms with Gasteiger partial charge in [-0.3, -0.25) is 14.5 Å². The van der Waals surface area contributed by atoms with Gasteiger partial charge in [0.2, 0.25) is 5.95 Å². The van der Waals surface area contributed by atoms with Gasteiger partial charge >= 0.3 is 0 Å². The Bertz CT molecular complexity index is 1320. The minimum atomic E-state index is -0.719. The van der Waals surface area contributed by atoms with Crippen LogP contribution in [-0.4, -0.2) is 71.2 Å². The van der Waals surface area contributed by atoms with Gasteiger partial charge in [0.05, 0.1) is 16.6 Å². The Labute approximate surface area is 205 Å². The Morgan fingerprint density at radius 3 is 2.64 bits per heavy atom. The molecule has 2 aliphatic rings. The zero-order valence-electron chi connectivity index (χ0n) is 19.6. The average Bonchev–Trinajstić information content (AvgIpc) is 3.38. The summed E-state index contributed by atoms with van der Waals surface area (Å²) >= 11 is 0. The molecule has 2 aromatic heterocycles. The molecule has 3 aromatic rings. The second kappa shape index (κ2) is 10.3. The van der Waals surface area contributed by atoms with Crippen LogP contribution in [0.2, 0.25) is 0 Å². The molecule has 2 N–H and O–H groups in total. The number of hydrogen-bond acceptors (Lipinski definition) is 6. The van der Waals surface area contributed by atoms with Gasteiger partial charge in [-0.2, -0.15) is 4.39 Å². The third-order valence-corrected chi connectivity index (χ3v) is 7.09. The van der Waals surface area contributed by atoms with Gasteiger partial charge in [0.15, 0.2) is 0 Å². The van der Waals surface area contributed by atoms with Crippen molar-refractivity contribution in [1.82, 2.24) is 25.2 Å². The monoisotopic (exact) mass is 500 g/mol. The van der Waals surface area contributed by atoms with Gasteiger partial charge in [-0.1, -0.05) is 0 Å². The largest absolute Gasteiger partial charge is 0.365 e. The van der Waals surface area contributed by atoms with Crippen molar-refractivity contribution in [3.63, 3.8) is 0 Å². The van der Waals surface area contributed by atoms with Crippen molar-refractivity contribution in [3.05, 3.63) is 64.0 Å². The maximum atomic E-state index is 14.6. The van der Waals surface area contributed by atoms with Gasteiger partial charge in [-0.15, -0.1) is 0 Å². The van der Waals surface area contributed by atoms with Crippen LogP contribution in [0.1, 0.15) is 41.5 Å². The Hall–Kier alpha value is -3.47. The maximum absolute atomic E-state index is 14.6. The molecular formula is C25H27F3N6O2. The molecule has 0 spiro atoms. The molecule has 1 saturated heterocycles. The lowest BCUT2D eigenvalue weighted by atomic mass is 10.1. The van der Waals surface area contributed by atoms with Crippen molar-refractivity contribution >= 4 is 22.5 Å². The predicted molar refractivity (Wildman–Crippen MR) is 129 cm³/mol. The number of carbonyl (C=O) groups is 1. The second-order valence-corrected chi connectivity index (χ2v) is 9.25. The molecule has 190 valence electrons. The van der Waals surface area contributed by atoms with E-state index in [0.29, 0.717) is 36.2 Å². The number of nitrogens with zero attached hydrogens (tertiary/aromatic N) is 4. The van der Waals surface area contributed by atoms with Crippen molar-refractivity contribution < 1.29 is 18.0 Å². The Balaban J connectivity index is 1.20. The standard InChI is InChI=1S/C25H27F3N6O2/c26-7-8-29-25(36)20-5-6-21(22(28)30-20)34-11-9-33(10-12-34)17-3-1-15(13-17)23-31-19-4-2-16(27)14-18(19)24(35)32-23/h2,4-6,14-15,17H,1,3,7-13H2,(H,29,36)(H,31,32,35)/t15-,17-/m1/s1. The van der Waals surface area contributed by atoms with Gasteiger partial charge in [0.25, 0.3) is 11.5 Å². The molecule has 1 amide bonds. The number of anilines is 1. The number of hydrogen-bond donors (Lipinski definition) is 2. The molecule has 0 bridgehead atoms. The third kappa shape index (κ3) is 4.92. The fourth-order valence-electron chi connectivity index (χ4n) is 5.23. The summed E-state index contributed by atoms with van der Waals surface area (Å²) < 4.78 is 40.4. The van der Waals surface area contributed by atoms with Crippen LogP contribution >= 0.6 is 0 Å². The molecule has 0 unspecified atom stereocenters. The highest BCUT2D eigenvalue weighted by molar-refractivity contribution is 5.92. The van der Waals surface area contributed by atoms with E-state index >= 15 is 0 Å². The summed E-state index contributed by atoms with van der Waals surface area (Å²) in [5, 5.41) is 2.59. The number of pyridine rings is 1. The number of fused-ring (bicyclic) bond motifs is 1. The van der Waals surface area contributed by atoms with E-state index in [1.165, 1.54) is 24.3 Å². The van der Waals surface area contributed by atoms with E-state index in [-0.39, 0.29) is 29.1 Å². The molecule has 2 atom stereocenters. The molecule has 0 radical (unpaired) electrons. The first-order valence-corrected chi connectivity index (χ1v) is 12.1. The number of piperazine rings is 1. The van der Waals surface area contributed by atoms with Crippen LogP contribution < -0.4 is 15.8 Å². The SMILES string of the molecule is O=C(NCCF)c1ccc(N2CCN([C@@H]3CC[C@@H](c4nc5ccc(F)cc5c(=O)[nH]4)C3)CC2)c(F)n1. The molecule has 1 aliphatic heterocycles. The van der Waals surface area contributed by atoms with Crippen molar-refractivity contribution in [2.45, 2.75) is 31.2 Å². The number of aromatic amines is 1. The van der Waals surface area contributed by atoms with Gasteiger partial charge in [-0.25, -0.2) is 18.7 Å². The van der Waals surface area contributed by atoms with Crippen LogP contribution in [0, 0.1) is 11.8 Å². The summed E-state index contributed by atoms with van der Waals surface area (Å²) in [5.74, 6) is -1.03. The summed E-state index contributed by atoms with van der Waals surface area (Å²) in [6, 6.07) is 7.37. The van der Waals surface area contributed by atoms with Crippen molar-refractivity contribution in [1.29, 1.82) is 0 Å². The van der Waals surface area contributed by atoms with E-state index in [2.05, 4.69) is 25.2 Å². The minimum Gasteiger partial charge on any atom is -0.365 e. The smallest absolute Gasteiger partial charge is 0.270 e. The molecular weight excluding hydrogens is 473 g/mol. The Kier molecular flexibility index (Phi) is 6.90. The van der Waals surface area contributed by atoms with E-state index in [1.807, 2.05) is 4.90 Å². The number of carbonyl (C=O) groups excluding carboxylic acids is 1. The van der Waals surface area contributed by atoms with E-state index in [1.54, 1.807) is 6.07 Å². The topological polar surface area (TPSA) is 94.2 Å². The number of aromatic nitrogens is 3. The molecule has 1 saturated carbocycles. The molecule has 1 aliphatic carbocycles. The lowest BCUT2D eigenvalue weighted by Crippen LogP contribution is -2.50. The van der Waals surface area contributed by atoms with Crippen LogP contribution in [0.25, 0.3) is 10.9 Å². The van der Waals surface area contributed by atoms with Crippen LogP contribution in [0.15, 0.2) is 35.1 Å². The minimum absolute atomic E-state index is 0.0780. The number of halogens is 3. The molecule has 5 rings (SSSR count).